The number of aromatic nitrogens is 2. The van der Waals surface area contributed by atoms with Gasteiger partial charge in [0.1, 0.15) is 11.4 Å². The first-order valence-electron chi connectivity index (χ1n) is 7.98. The number of halogens is 1. The summed E-state index contributed by atoms with van der Waals surface area (Å²) in [5, 5.41) is 2.78. The van der Waals surface area contributed by atoms with Gasteiger partial charge < -0.3 is 4.74 Å². The summed E-state index contributed by atoms with van der Waals surface area (Å²) in [6, 6.07) is 13.6. The average Bonchev–Trinajstić information content (AvgIpc) is 2.80. The number of amides is 1. The molecule has 6 heteroatoms. The number of hydrogen-bond donors (Lipinski definition) is 1. The fourth-order valence-corrected chi connectivity index (χ4v) is 2.99. The van der Waals surface area contributed by atoms with Gasteiger partial charge in [0.2, 0.25) is 0 Å². The number of carbonyl (C=O) groups excluding carboxylic acids is 1. The molecule has 1 amide bonds. The molecule has 130 valence electrons. The molecule has 0 unspecified atom stereocenters. The maximum Gasteiger partial charge on any atom is 0.412 e. The fourth-order valence-electron chi connectivity index (χ4n) is 2.64. The van der Waals surface area contributed by atoms with Gasteiger partial charge in [0.05, 0.1) is 11.0 Å². The van der Waals surface area contributed by atoms with Crippen LogP contribution in [-0.4, -0.2) is 21.2 Å². The lowest BCUT2D eigenvalue weighted by molar-refractivity contribution is 0.0636. The average molecular weight is 402 g/mol. The summed E-state index contributed by atoms with van der Waals surface area (Å²) in [7, 11) is 0. The second-order valence-corrected chi connectivity index (χ2v) is 7.72. The first kappa shape index (κ1) is 17.5. The fraction of sp³-hybridized carbons (Fsp3) is 0.263. The number of rotatable bonds is 2. The summed E-state index contributed by atoms with van der Waals surface area (Å²) in [5.74, 6) is 0.877. The topological polar surface area (TPSA) is 56.2 Å². The van der Waals surface area contributed by atoms with Gasteiger partial charge in [-0.3, -0.25) is 9.88 Å². The van der Waals surface area contributed by atoms with Gasteiger partial charge in [-0.1, -0.05) is 22.0 Å². The molecule has 1 aromatic heterocycles. The Kier molecular flexibility index (Phi) is 4.56. The zero-order chi connectivity index (χ0) is 18.2. The normalized spacial score (nSPS) is 11.6. The number of imidazole rings is 1. The summed E-state index contributed by atoms with van der Waals surface area (Å²) in [6.07, 6.45) is -0.473. The molecule has 0 saturated heterocycles. The zero-order valence-corrected chi connectivity index (χ0v) is 16.2. The van der Waals surface area contributed by atoms with E-state index in [1.54, 1.807) is 0 Å². The van der Waals surface area contributed by atoms with Crippen LogP contribution >= 0.6 is 15.9 Å². The highest BCUT2D eigenvalue weighted by Crippen LogP contribution is 2.26. The maximum absolute atomic E-state index is 12.0. The molecule has 3 rings (SSSR count). The van der Waals surface area contributed by atoms with Crippen LogP contribution in [0.2, 0.25) is 0 Å². The minimum Gasteiger partial charge on any atom is -0.444 e. The Hall–Kier alpha value is -2.34. The molecule has 0 fully saturated rings. The molecule has 2 aromatic carbocycles. The molecule has 0 aliphatic heterocycles. The molecule has 5 nitrogen and oxygen atoms in total. The summed E-state index contributed by atoms with van der Waals surface area (Å²) in [6.45, 7) is 7.47. The van der Waals surface area contributed by atoms with Crippen molar-refractivity contribution in [2.24, 2.45) is 0 Å². The van der Waals surface area contributed by atoms with Crippen LogP contribution in [0.4, 0.5) is 10.5 Å². The number of hydrogen-bond acceptors (Lipinski definition) is 3. The van der Waals surface area contributed by atoms with Gasteiger partial charge in [-0.25, -0.2) is 9.78 Å². The Morgan fingerprint density at radius 3 is 2.68 bits per heavy atom. The first-order chi connectivity index (χ1) is 11.7. The van der Waals surface area contributed by atoms with E-state index in [1.807, 2.05) is 70.2 Å². The van der Waals surface area contributed by atoms with E-state index in [-0.39, 0.29) is 0 Å². The van der Waals surface area contributed by atoms with E-state index in [4.69, 9.17) is 4.74 Å². The van der Waals surface area contributed by atoms with Crippen LogP contribution in [0.5, 0.6) is 0 Å². The van der Waals surface area contributed by atoms with Crippen LogP contribution in [0, 0.1) is 6.92 Å². The molecule has 0 saturated carbocycles. The van der Waals surface area contributed by atoms with Crippen molar-refractivity contribution < 1.29 is 9.53 Å². The van der Waals surface area contributed by atoms with Crippen LogP contribution in [0.3, 0.4) is 0 Å². The van der Waals surface area contributed by atoms with Gasteiger partial charge in [-0.15, -0.1) is 0 Å². The van der Waals surface area contributed by atoms with Gasteiger partial charge in [-0.2, -0.15) is 0 Å². The van der Waals surface area contributed by atoms with E-state index in [1.165, 1.54) is 0 Å². The first-order valence-corrected chi connectivity index (χ1v) is 8.77. The van der Waals surface area contributed by atoms with Crippen molar-refractivity contribution in [2.45, 2.75) is 33.3 Å². The molecule has 0 radical (unpaired) electrons. The van der Waals surface area contributed by atoms with Gasteiger partial charge in [0.25, 0.3) is 0 Å². The lowest BCUT2D eigenvalue weighted by Crippen LogP contribution is -2.27. The molecule has 1 N–H and O–H groups in total. The molecule has 1 heterocycles. The Balaban J connectivity index is 1.96. The van der Waals surface area contributed by atoms with Gasteiger partial charge in [0, 0.05) is 15.8 Å². The predicted octanol–water partition coefficient (Wildman–Crippen LogP) is 5.44. The Morgan fingerprint density at radius 2 is 1.96 bits per heavy atom. The number of nitrogens with one attached hydrogen (secondary N) is 1. The lowest BCUT2D eigenvalue weighted by atomic mass is 10.2. The number of benzene rings is 2. The van der Waals surface area contributed by atoms with Crippen molar-refractivity contribution in [3.63, 3.8) is 0 Å². The van der Waals surface area contributed by atoms with E-state index in [0.717, 1.165) is 27.0 Å². The highest BCUT2D eigenvalue weighted by atomic mass is 79.9. The van der Waals surface area contributed by atoms with E-state index in [0.29, 0.717) is 5.69 Å². The van der Waals surface area contributed by atoms with E-state index < -0.39 is 11.7 Å². The summed E-state index contributed by atoms with van der Waals surface area (Å²) >= 11 is 3.51. The van der Waals surface area contributed by atoms with Crippen LogP contribution in [0.15, 0.2) is 46.9 Å². The summed E-state index contributed by atoms with van der Waals surface area (Å²) < 4.78 is 8.35. The molecule has 25 heavy (non-hydrogen) atoms. The summed E-state index contributed by atoms with van der Waals surface area (Å²) in [4.78, 5) is 16.6. The molecular formula is C19H20BrN3O2. The number of anilines is 1. The van der Waals surface area contributed by atoms with Gasteiger partial charge >= 0.3 is 6.09 Å². The monoisotopic (exact) mass is 401 g/mol. The van der Waals surface area contributed by atoms with Crippen LogP contribution < -0.4 is 5.32 Å². The second-order valence-electron chi connectivity index (χ2n) is 6.80. The third kappa shape index (κ3) is 4.02. The van der Waals surface area contributed by atoms with Crippen molar-refractivity contribution in [1.82, 2.24) is 9.55 Å². The zero-order valence-electron chi connectivity index (χ0n) is 14.6. The summed E-state index contributed by atoms with van der Waals surface area (Å²) in [5.41, 5.74) is 2.98. The van der Waals surface area contributed by atoms with E-state index in [2.05, 4.69) is 30.8 Å². The van der Waals surface area contributed by atoms with Crippen LogP contribution in [-0.2, 0) is 4.74 Å². The minimum absolute atomic E-state index is 0.473. The molecule has 0 spiro atoms. The van der Waals surface area contributed by atoms with Crippen molar-refractivity contribution in [1.29, 1.82) is 0 Å². The third-order valence-electron chi connectivity index (χ3n) is 3.53. The third-order valence-corrected chi connectivity index (χ3v) is 4.03. The maximum atomic E-state index is 12.0. The van der Waals surface area contributed by atoms with Gasteiger partial charge in [0.15, 0.2) is 0 Å². The largest absolute Gasteiger partial charge is 0.444 e. The van der Waals surface area contributed by atoms with E-state index >= 15 is 0 Å². The van der Waals surface area contributed by atoms with E-state index in [9.17, 15) is 4.79 Å². The lowest BCUT2D eigenvalue weighted by Gasteiger charge is -2.20. The number of fused-ring (bicyclic) bond motifs is 1. The van der Waals surface area contributed by atoms with Crippen LogP contribution in [0.25, 0.3) is 16.7 Å². The second kappa shape index (κ2) is 6.52. The molecular weight excluding hydrogens is 382 g/mol. The van der Waals surface area contributed by atoms with Crippen molar-refractivity contribution in [2.75, 3.05) is 5.32 Å². The molecule has 0 aliphatic carbocycles. The van der Waals surface area contributed by atoms with Crippen molar-refractivity contribution >= 4 is 38.7 Å². The molecule has 0 bridgehead atoms. The quantitative estimate of drug-likeness (QED) is 0.621. The number of nitrogens with zero attached hydrogens (tertiary/aromatic N) is 2. The highest BCUT2D eigenvalue weighted by Gasteiger charge is 2.16. The van der Waals surface area contributed by atoms with Crippen LogP contribution in [0.1, 0.15) is 26.6 Å². The Morgan fingerprint density at radius 1 is 1.20 bits per heavy atom. The number of ether oxygens (including phenoxy) is 1. The highest BCUT2D eigenvalue weighted by molar-refractivity contribution is 9.10. The predicted molar refractivity (Wildman–Crippen MR) is 103 cm³/mol. The Labute approximate surface area is 155 Å². The SMILES string of the molecule is Cc1nc2ccc(Br)cc2n1-c1cccc(NC(=O)OC(C)(C)C)c1. The molecule has 3 aromatic rings. The standard InChI is InChI=1S/C19H20BrN3O2/c1-12-21-16-9-8-13(20)10-17(16)23(12)15-7-5-6-14(11-15)22-18(24)25-19(2,3)4/h5-11H,1-4H3,(H,22,24). The van der Waals surface area contributed by atoms with Crippen molar-refractivity contribution in [3.8, 4) is 5.69 Å². The van der Waals surface area contributed by atoms with Gasteiger partial charge in [-0.05, 0) is 64.1 Å². The smallest absolute Gasteiger partial charge is 0.412 e. The van der Waals surface area contributed by atoms with Crippen molar-refractivity contribution in [3.05, 3.63) is 52.8 Å². The minimum atomic E-state index is -0.537. The number of carbonyl (C=O) groups is 1. The molecule has 0 aliphatic rings. The Bertz CT molecular complexity index is 941. The number of aryl methyl sites for hydroxylation is 1. The molecule has 0 atom stereocenters.